The minimum absolute atomic E-state index is 0.147. The highest BCUT2D eigenvalue weighted by Crippen LogP contribution is 2.36. The van der Waals surface area contributed by atoms with Crippen molar-refractivity contribution in [1.82, 2.24) is 14.5 Å². The summed E-state index contributed by atoms with van der Waals surface area (Å²) in [4.78, 5) is 30.5. The van der Waals surface area contributed by atoms with E-state index in [1.54, 1.807) is 10.8 Å². The highest BCUT2D eigenvalue weighted by atomic mass is 28.3. The number of amides is 2. The van der Waals surface area contributed by atoms with Crippen LogP contribution in [-0.2, 0) is 11.5 Å². The predicted molar refractivity (Wildman–Crippen MR) is 153 cm³/mol. The number of carboxylic acid groups (broad SMARTS) is 1. The standard InChI is InChI=1S/C29H39N5O4Si/c1-39(2,3)16-15-38-20-34-19-24(18-30)31-27(34)28(35)32-26-10-9-23(17-25(26)22-7-5-4-6-8-22)21-11-13-33(14-12-21)29(36)37/h7,9-10,17,19,21H,4-6,8,11-16,20H2,1-3H3,(H,32,35)(H,36,37). The number of aromatic nitrogens is 2. The number of nitrogens with one attached hydrogen (secondary N) is 1. The van der Waals surface area contributed by atoms with Crippen LogP contribution in [0.3, 0.4) is 0 Å². The SMILES string of the molecule is C[Si](C)(C)CCOCn1cc(C#N)nc1C(=O)Nc1ccc(C2CCN(C(=O)O)CC2)cc1C1=CCCCC1. The molecule has 39 heavy (non-hydrogen) atoms. The van der Waals surface area contributed by atoms with Crippen molar-refractivity contribution in [3.8, 4) is 6.07 Å². The normalized spacial score (nSPS) is 16.5. The monoisotopic (exact) mass is 549 g/mol. The second-order valence-electron chi connectivity index (χ2n) is 11.7. The molecule has 4 rings (SSSR count). The van der Waals surface area contributed by atoms with Gasteiger partial charge < -0.3 is 24.6 Å². The molecule has 10 heteroatoms. The zero-order valence-electron chi connectivity index (χ0n) is 23.2. The molecule has 0 bridgehead atoms. The van der Waals surface area contributed by atoms with Crippen LogP contribution in [0.5, 0.6) is 0 Å². The van der Waals surface area contributed by atoms with Crippen LogP contribution in [0.4, 0.5) is 10.5 Å². The summed E-state index contributed by atoms with van der Waals surface area (Å²) < 4.78 is 7.44. The topological polar surface area (TPSA) is 120 Å². The fourth-order valence-corrected chi connectivity index (χ4v) is 5.90. The van der Waals surface area contributed by atoms with Crippen LogP contribution in [0.25, 0.3) is 5.57 Å². The van der Waals surface area contributed by atoms with Crippen molar-refractivity contribution in [2.75, 3.05) is 25.0 Å². The van der Waals surface area contributed by atoms with E-state index in [1.807, 2.05) is 18.2 Å². The number of rotatable bonds is 9. The van der Waals surface area contributed by atoms with E-state index in [9.17, 15) is 20.0 Å². The Balaban J connectivity index is 1.54. The van der Waals surface area contributed by atoms with Crippen molar-refractivity contribution in [3.63, 3.8) is 0 Å². The number of piperidine rings is 1. The third-order valence-electron chi connectivity index (χ3n) is 7.49. The molecule has 1 saturated heterocycles. The lowest BCUT2D eigenvalue weighted by Gasteiger charge is -2.31. The number of nitrogens with zero attached hydrogens (tertiary/aromatic N) is 4. The molecule has 0 unspecified atom stereocenters. The molecule has 208 valence electrons. The van der Waals surface area contributed by atoms with E-state index in [4.69, 9.17) is 4.74 Å². The van der Waals surface area contributed by atoms with Gasteiger partial charge in [0.1, 0.15) is 12.8 Å². The molecule has 9 nitrogen and oxygen atoms in total. The maximum absolute atomic E-state index is 13.4. The summed E-state index contributed by atoms with van der Waals surface area (Å²) in [6, 6.07) is 9.19. The number of imidazole rings is 1. The first-order chi connectivity index (χ1) is 18.6. The Morgan fingerprint density at radius 3 is 2.64 bits per heavy atom. The number of hydrogen-bond acceptors (Lipinski definition) is 5. The number of allylic oxidation sites excluding steroid dienone is 2. The molecule has 2 aromatic rings. The fourth-order valence-electron chi connectivity index (χ4n) is 5.15. The van der Waals surface area contributed by atoms with E-state index in [0.29, 0.717) is 25.4 Å². The average molecular weight is 550 g/mol. The van der Waals surface area contributed by atoms with E-state index in [-0.39, 0.29) is 30.1 Å². The number of benzene rings is 1. The van der Waals surface area contributed by atoms with Gasteiger partial charge in [-0.2, -0.15) is 5.26 Å². The molecule has 2 aliphatic rings. The largest absolute Gasteiger partial charge is 0.465 e. The Bertz CT molecular complexity index is 1270. The average Bonchev–Trinajstić information content (AvgIpc) is 3.35. The van der Waals surface area contributed by atoms with Crippen LogP contribution in [0.1, 0.15) is 71.9 Å². The van der Waals surface area contributed by atoms with Gasteiger partial charge in [-0.15, -0.1) is 0 Å². The van der Waals surface area contributed by atoms with Crippen LogP contribution in [-0.4, -0.2) is 59.3 Å². The van der Waals surface area contributed by atoms with Crippen molar-refractivity contribution in [1.29, 1.82) is 5.26 Å². The van der Waals surface area contributed by atoms with Crippen molar-refractivity contribution in [3.05, 3.63) is 53.1 Å². The minimum Gasteiger partial charge on any atom is -0.465 e. The Morgan fingerprint density at radius 1 is 1.23 bits per heavy atom. The van der Waals surface area contributed by atoms with Gasteiger partial charge in [-0.3, -0.25) is 4.79 Å². The van der Waals surface area contributed by atoms with Gasteiger partial charge in [0.15, 0.2) is 5.69 Å². The zero-order chi connectivity index (χ0) is 28.0. The molecule has 2 heterocycles. The second kappa shape index (κ2) is 12.6. The zero-order valence-corrected chi connectivity index (χ0v) is 24.2. The van der Waals surface area contributed by atoms with Gasteiger partial charge >= 0.3 is 6.09 Å². The van der Waals surface area contributed by atoms with Gasteiger partial charge in [0.2, 0.25) is 5.82 Å². The van der Waals surface area contributed by atoms with Gasteiger partial charge in [0.05, 0.1) is 0 Å². The molecule has 1 aromatic heterocycles. The van der Waals surface area contributed by atoms with Crippen molar-refractivity contribution in [2.24, 2.45) is 0 Å². The first-order valence-corrected chi connectivity index (χ1v) is 17.5. The minimum atomic E-state index is -1.25. The summed E-state index contributed by atoms with van der Waals surface area (Å²) >= 11 is 0. The number of hydrogen-bond donors (Lipinski definition) is 2. The van der Waals surface area contributed by atoms with Crippen molar-refractivity contribution < 1.29 is 19.4 Å². The quantitative estimate of drug-likeness (QED) is 0.287. The Hall–Kier alpha value is -3.42. The second-order valence-corrected chi connectivity index (χ2v) is 17.3. The molecule has 1 aromatic carbocycles. The fraction of sp³-hybridized carbons (Fsp3) is 0.517. The summed E-state index contributed by atoms with van der Waals surface area (Å²) in [5.74, 6) is 0.0393. The van der Waals surface area contributed by atoms with Crippen molar-refractivity contribution in [2.45, 2.75) is 76.9 Å². The van der Waals surface area contributed by atoms with E-state index < -0.39 is 14.2 Å². The third kappa shape index (κ3) is 7.58. The molecule has 2 N–H and O–H groups in total. The van der Waals surface area contributed by atoms with E-state index in [2.05, 4.69) is 42.1 Å². The van der Waals surface area contributed by atoms with Crippen LogP contribution >= 0.6 is 0 Å². The molecule has 1 fully saturated rings. The highest BCUT2D eigenvalue weighted by Gasteiger charge is 2.25. The highest BCUT2D eigenvalue weighted by molar-refractivity contribution is 6.76. The molecule has 0 spiro atoms. The number of carbonyl (C=O) groups is 2. The molecule has 1 aliphatic heterocycles. The van der Waals surface area contributed by atoms with E-state index >= 15 is 0 Å². The molecule has 2 amide bonds. The number of ether oxygens (including phenoxy) is 1. The van der Waals surface area contributed by atoms with Crippen molar-refractivity contribution >= 4 is 31.3 Å². The van der Waals surface area contributed by atoms with Gasteiger partial charge in [-0.05, 0) is 73.8 Å². The number of nitriles is 1. The van der Waals surface area contributed by atoms with E-state index in [1.165, 1.54) is 16.0 Å². The molecule has 0 radical (unpaired) electrons. The smallest absolute Gasteiger partial charge is 0.407 e. The maximum atomic E-state index is 13.4. The van der Waals surface area contributed by atoms with E-state index in [0.717, 1.165) is 50.1 Å². The summed E-state index contributed by atoms with van der Waals surface area (Å²) in [5, 5.41) is 21.8. The van der Waals surface area contributed by atoms with Gasteiger partial charge in [-0.25, -0.2) is 9.78 Å². The van der Waals surface area contributed by atoms with Gasteiger partial charge in [0, 0.05) is 45.2 Å². The number of carbonyl (C=O) groups excluding carboxylic acids is 1. The molecule has 0 atom stereocenters. The lowest BCUT2D eigenvalue weighted by atomic mass is 9.85. The summed E-state index contributed by atoms with van der Waals surface area (Å²) in [6.07, 6.45) is 8.73. The van der Waals surface area contributed by atoms with Gasteiger partial charge in [0.25, 0.3) is 5.91 Å². The van der Waals surface area contributed by atoms with Gasteiger partial charge in [-0.1, -0.05) is 31.8 Å². The molecular weight excluding hydrogens is 510 g/mol. The van der Waals surface area contributed by atoms with Crippen LogP contribution in [0, 0.1) is 11.3 Å². The summed E-state index contributed by atoms with van der Waals surface area (Å²) in [6.45, 7) is 8.66. The number of likely N-dealkylation sites (tertiary alicyclic amines) is 1. The van der Waals surface area contributed by atoms with Crippen LogP contribution in [0.15, 0.2) is 30.5 Å². The summed E-state index contributed by atoms with van der Waals surface area (Å²) in [7, 11) is -1.25. The first kappa shape index (κ1) is 28.6. The Kier molecular flexibility index (Phi) is 9.25. The predicted octanol–water partition coefficient (Wildman–Crippen LogP) is 6.13. The third-order valence-corrected chi connectivity index (χ3v) is 9.19. The van der Waals surface area contributed by atoms with Crippen LogP contribution < -0.4 is 5.32 Å². The summed E-state index contributed by atoms with van der Waals surface area (Å²) in [5.41, 5.74) is 4.28. The maximum Gasteiger partial charge on any atom is 0.407 e. The Labute approximate surface area is 231 Å². The molecule has 1 aliphatic carbocycles. The first-order valence-electron chi connectivity index (χ1n) is 13.8. The molecule has 0 saturated carbocycles. The lowest BCUT2D eigenvalue weighted by Crippen LogP contribution is -2.36. The van der Waals surface area contributed by atoms with Crippen LogP contribution in [0.2, 0.25) is 25.7 Å². The number of anilines is 1. The molecular formula is C29H39N5O4Si. The lowest BCUT2D eigenvalue weighted by molar-refractivity contribution is 0.0808. The Morgan fingerprint density at radius 2 is 2.00 bits per heavy atom.